The molecule has 7 heteroatoms. The number of anilines is 1. The van der Waals surface area contributed by atoms with Crippen LogP contribution in [0.3, 0.4) is 0 Å². The van der Waals surface area contributed by atoms with Gasteiger partial charge in [0.1, 0.15) is 17.0 Å². The van der Waals surface area contributed by atoms with Gasteiger partial charge in [0.15, 0.2) is 0 Å². The maximum Gasteiger partial charge on any atom is 0.147 e. The number of hydrogen-bond acceptors (Lipinski definition) is 7. The van der Waals surface area contributed by atoms with Crippen molar-refractivity contribution in [2.45, 2.75) is 64.8 Å². The van der Waals surface area contributed by atoms with Gasteiger partial charge in [-0.25, -0.2) is 15.0 Å². The molecule has 2 aliphatic heterocycles. The van der Waals surface area contributed by atoms with Crippen LogP contribution in [-0.4, -0.2) is 39.8 Å². The quantitative estimate of drug-likeness (QED) is 0.709. The lowest BCUT2D eigenvalue weighted by Gasteiger charge is -2.33. The zero-order valence-corrected chi connectivity index (χ0v) is 17.5. The standard InChI is InChI=1S/C21H26N4O2S/c1-4-15-14-10-27-21(2,3)8-13(14)16-17-18(28-20(16)25-15)19(24-11-23-17)22-9-12-6-5-7-26-12/h11-12H,4-10H2,1-3H3,(H,22,23,24)/t12-/m0/s1. The Bertz CT molecular complexity index is 1040. The average molecular weight is 399 g/mol. The third-order valence-corrected chi connectivity index (χ3v) is 6.85. The monoisotopic (exact) mass is 398 g/mol. The number of hydrogen-bond donors (Lipinski definition) is 1. The van der Waals surface area contributed by atoms with E-state index in [1.807, 2.05) is 0 Å². The minimum absolute atomic E-state index is 0.172. The topological polar surface area (TPSA) is 69.2 Å². The fourth-order valence-electron chi connectivity index (χ4n) is 4.31. The number of aryl methyl sites for hydroxylation is 1. The van der Waals surface area contributed by atoms with Crippen molar-refractivity contribution in [3.63, 3.8) is 0 Å². The van der Waals surface area contributed by atoms with Crippen LogP contribution in [0.1, 0.15) is 50.4 Å². The molecule has 0 amide bonds. The average Bonchev–Trinajstić information content (AvgIpc) is 3.32. The van der Waals surface area contributed by atoms with Gasteiger partial charge in [-0.2, -0.15) is 0 Å². The second kappa shape index (κ2) is 6.90. The van der Waals surface area contributed by atoms with E-state index in [4.69, 9.17) is 14.5 Å². The summed E-state index contributed by atoms with van der Waals surface area (Å²) in [5.41, 5.74) is 4.59. The van der Waals surface area contributed by atoms with Gasteiger partial charge in [-0.1, -0.05) is 6.92 Å². The van der Waals surface area contributed by atoms with Crippen LogP contribution in [-0.2, 0) is 28.9 Å². The van der Waals surface area contributed by atoms with Crippen LogP contribution < -0.4 is 5.32 Å². The first-order valence-corrected chi connectivity index (χ1v) is 10.9. The van der Waals surface area contributed by atoms with Crippen molar-refractivity contribution in [3.05, 3.63) is 23.1 Å². The second-order valence-electron chi connectivity index (χ2n) is 8.29. The Kier molecular flexibility index (Phi) is 4.49. The van der Waals surface area contributed by atoms with Crippen molar-refractivity contribution in [1.29, 1.82) is 0 Å². The summed E-state index contributed by atoms with van der Waals surface area (Å²) in [7, 11) is 0. The van der Waals surface area contributed by atoms with Crippen LogP contribution in [0.15, 0.2) is 6.33 Å². The third-order valence-electron chi connectivity index (χ3n) is 5.77. The number of fused-ring (bicyclic) bond motifs is 5. The number of thiophene rings is 1. The zero-order valence-electron chi connectivity index (χ0n) is 16.7. The van der Waals surface area contributed by atoms with Crippen molar-refractivity contribution < 1.29 is 9.47 Å². The summed E-state index contributed by atoms with van der Waals surface area (Å²) in [6.07, 6.45) is 5.97. The highest BCUT2D eigenvalue weighted by atomic mass is 32.1. The van der Waals surface area contributed by atoms with Gasteiger partial charge in [-0.15, -0.1) is 11.3 Å². The lowest BCUT2D eigenvalue weighted by molar-refractivity contribution is -0.0401. The van der Waals surface area contributed by atoms with Crippen LogP contribution in [0.5, 0.6) is 0 Å². The molecule has 28 heavy (non-hydrogen) atoms. The normalized spacial score (nSPS) is 21.3. The van der Waals surface area contributed by atoms with Gasteiger partial charge in [0.05, 0.1) is 28.5 Å². The molecule has 1 fully saturated rings. The molecule has 0 unspecified atom stereocenters. The zero-order chi connectivity index (χ0) is 19.3. The largest absolute Gasteiger partial charge is 0.376 e. The van der Waals surface area contributed by atoms with Gasteiger partial charge in [-0.3, -0.25) is 0 Å². The summed E-state index contributed by atoms with van der Waals surface area (Å²) in [4.78, 5) is 15.2. The molecular weight excluding hydrogens is 372 g/mol. The summed E-state index contributed by atoms with van der Waals surface area (Å²) in [6, 6.07) is 0. The first-order chi connectivity index (χ1) is 13.6. The molecule has 0 spiro atoms. The summed E-state index contributed by atoms with van der Waals surface area (Å²) >= 11 is 1.69. The molecule has 0 saturated carbocycles. The van der Waals surface area contributed by atoms with Gasteiger partial charge >= 0.3 is 0 Å². The van der Waals surface area contributed by atoms with Gasteiger partial charge in [-0.05, 0) is 38.7 Å². The Morgan fingerprint density at radius 1 is 1.29 bits per heavy atom. The van der Waals surface area contributed by atoms with Crippen molar-refractivity contribution in [1.82, 2.24) is 15.0 Å². The molecule has 0 aromatic carbocycles. The number of pyridine rings is 1. The van der Waals surface area contributed by atoms with E-state index in [1.165, 1.54) is 16.5 Å². The van der Waals surface area contributed by atoms with Crippen molar-refractivity contribution in [3.8, 4) is 0 Å². The molecule has 3 aromatic heterocycles. The third kappa shape index (κ3) is 3.06. The first kappa shape index (κ1) is 18.2. The molecule has 1 N–H and O–H groups in total. The molecule has 0 radical (unpaired) electrons. The van der Waals surface area contributed by atoms with Crippen LogP contribution in [0.25, 0.3) is 20.4 Å². The molecule has 148 valence electrons. The molecule has 5 heterocycles. The highest BCUT2D eigenvalue weighted by Gasteiger charge is 2.31. The Labute approximate surface area is 168 Å². The smallest absolute Gasteiger partial charge is 0.147 e. The summed E-state index contributed by atoms with van der Waals surface area (Å²) in [6.45, 7) is 8.75. The molecular formula is C21H26N4O2S. The van der Waals surface area contributed by atoms with E-state index in [0.717, 1.165) is 65.4 Å². The molecule has 0 bridgehead atoms. The van der Waals surface area contributed by atoms with E-state index >= 15 is 0 Å². The van der Waals surface area contributed by atoms with E-state index in [-0.39, 0.29) is 11.7 Å². The highest BCUT2D eigenvalue weighted by Crippen LogP contribution is 2.42. The van der Waals surface area contributed by atoms with Crippen molar-refractivity contribution in [2.24, 2.45) is 0 Å². The minimum Gasteiger partial charge on any atom is -0.376 e. The van der Waals surface area contributed by atoms with E-state index in [0.29, 0.717) is 6.61 Å². The minimum atomic E-state index is -0.172. The van der Waals surface area contributed by atoms with Crippen LogP contribution in [0, 0.1) is 0 Å². The fourth-order valence-corrected chi connectivity index (χ4v) is 5.45. The van der Waals surface area contributed by atoms with E-state index in [2.05, 4.69) is 36.1 Å². The summed E-state index contributed by atoms with van der Waals surface area (Å²) < 4.78 is 12.9. The highest BCUT2D eigenvalue weighted by molar-refractivity contribution is 7.26. The van der Waals surface area contributed by atoms with Crippen molar-refractivity contribution in [2.75, 3.05) is 18.5 Å². The molecule has 0 aliphatic carbocycles. The van der Waals surface area contributed by atoms with E-state index in [9.17, 15) is 0 Å². The van der Waals surface area contributed by atoms with Gasteiger partial charge in [0.2, 0.25) is 0 Å². The van der Waals surface area contributed by atoms with Crippen molar-refractivity contribution >= 4 is 37.6 Å². The second-order valence-corrected chi connectivity index (χ2v) is 9.29. The Morgan fingerprint density at radius 2 is 2.18 bits per heavy atom. The predicted molar refractivity (Wildman–Crippen MR) is 112 cm³/mol. The summed E-state index contributed by atoms with van der Waals surface area (Å²) in [5.74, 6) is 0.890. The number of aromatic nitrogens is 3. The Morgan fingerprint density at radius 3 is 2.96 bits per heavy atom. The molecule has 6 nitrogen and oxygen atoms in total. The number of nitrogens with zero attached hydrogens (tertiary/aromatic N) is 3. The first-order valence-electron chi connectivity index (χ1n) is 10.1. The Hall–Kier alpha value is -1.83. The van der Waals surface area contributed by atoms with Crippen LogP contribution >= 0.6 is 11.3 Å². The number of rotatable bonds is 4. The lowest BCUT2D eigenvalue weighted by Crippen LogP contribution is -2.32. The lowest BCUT2D eigenvalue weighted by atomic mass is 9.89. The predicted octanol–water partition coefficient (Wildman–Crippen LogP) is 4.24. The van der Waals surface area contributed by atoms with Gasteiger partial charge < -0.3 is 14.8 Å². The van der Waals surface area contributed by atoms with E-state index in [1.54, 1.807) is 17.7 Å². The van der Waals surface area contributed by atoms with Crippen LogP contribution in [0.2, 0.25) is 0 Å². The Balaban J connectivity index is 1.64. The molecule has 2 aliphatic rings. The summed E-state index contributed by atoms with van der Waals surface area (Å²) in [5, 5.41) is 4.68. The maximum absolute atomic E-state index is 6.10. The maximum atomic E-state index is 6.10. The van der Waals surface area contributed by atoms with Crippen LogP contribution in [0.4, 0.5) is 5.82 Å². The van der Waals surface area contributed by atoms with Gasteiger partial charge in [0, 0.05) is 36.2 Å². The SMILES string of the molecule is CCc1nc2sc3c(NC[C@@H]4CCCO4)ncnc3c2c2c1COC(C)(C)C2. The van der Waals surface area contributed by atoms with E-state index < -0.39 is 0 Å². The number of ether oxygens (including phenoxy) is 2. The molecule has 1 saturated heterocycles. The molecule has 5 rings (SSSR count). The molecule has 3 aromatic rings. The number of nitrogens with one attached hydrogen (secondary N) is 1. The van der Waals surface area contributed by atoms with Gasteiger partial charge in [0.25, 0.3) is 0 Å². The fraction of sp³-hybridized carbons (Fsp3) is 0.571. The molecule has 1 atom stereocenters.